The van der Waals surface area contributed by atoms with Gasteiger partial charge in [0.25, 0.3) is 5.91 Å². The number of rotatable bonds is 2. The van der Waals surface area contributed by atoms with Gasteiger partial charge in [0.15, 0.2) is 0 Å². The molecule has 3 nitrogen and oxygen atoms in total. The van der Waals surface area contributed by atoms with Crippen molar-refractivity contribution in [2.45, 2.75) is 0 Å². The molecule has 20 heavy (non-hydrogen) atoms. The third kappa shape index (κ3) is 2.78. The first-order valence-electron chi connectivity index (χ1n) is 5.47. The molecule has 0 fully saturated rings. The molecule has 0 aliphatic heterocycles. The Balaban J connectivity index is 2.26. The highest BCUT2D eigenvalue weighted by molar-refractivity contribution is 6.04. The maximum Gasteiger partial charge on any atom is 0.258 e. The second kappa shape index (κ2) is 5.45. The van der Waals surface area contributed by atoms with Crippen LogP contribution in [0.1, 0.15) is 15.9 Å². The van der Waals surface area contributed by atoms with Gasteiger partial charge in [-0.2, -0.15) is 5.26 Å². The van der Waals surface area contributed by atoms with Crippen LogP contribution < -0.4 is 5.32 Å². The minimum Gasteiger partial charge on any atom is -0.319 e. The lowest BCUT2D eigenvalue weighted by Gasteiger charge is -2.07. The topological polar surface area (TPSA) is 52.9 Å². The van der Waals surface area contributed by atoms with E-state index in [0.29, 0.717) is 6.07 Å². The van der Waals surface area contributed by atoms with Gasteiger partial charge in [0.2, 0.25) is 0 Å². The molecule has 0 saturated carbocycles. The lowest BCUT2D eigenvalue weighted by molar-refractivity contribution is 0.102. The largest absolute Gasteiger partial charge is 0.319 e. The monoisotopic (exact) mass is 276 g/mol. The first-order chi connectivity index (χ1) is 9.51. The first-order valence-corrected chi connectivity index (χ1v) is 5.47. The number of nitriles is 1. The summed E-state index contributed by atoms with van der Waals surface area (Å²) in [7, 11) is 0. The van der Waals surface area contributed by atoms with Crippen LogP contribution >= 0.6 is 0 Å². The van der Waals surface area contributed by atoms with Gasteiger partial charge in [-0.15, -0.1) is 0 Å². The SMILES string of the molecule is N#Cc1ccc(NC(=O)c2ccc(F)cc2F)c(F)c1. The molecule has 0 aromatic heterocycles. The zero-order valence-electron chi connectivity index (χ0n) is 9.95. The summed E-state index contributed by atoms with van der Waals surface area (Å²) < 4.78 is 39.7. The molecule has 1 amide bonds. The molecule has 0 aliphatic carbocycles. The minimum atomic E-state index is -1.04. The molecule has 100 valence electrons. The summed E-state index contributed by atoms with van der Waals surface area (Å²) in [6.07, 6.45) is 0. The van der Waals surface area contributed by atoms with Gasteiger partial charge in [-0.1, -0.05) is 0 Å². The van der Waals surface area contributed by atoms with E-state index in [0.717, 1.165) is 18.2 Å². The summed E-state index contributed by atoms with van der Waals surface area (Å²) >= 11 is 0. The fourth-order valence-electron chi connectivity index (χ4n) is 1.55. The lowest BCUT2D eigenvalue weighted by atomic mass is 10.1. The Morgan fingerprint density at radius 2 is 1.80 bits per heavy atom. The van der Waals surface area contributed by atoms with Crippen LogP contribution in [0.15, 0.2) is 36.4 Å². The molecule has 0 aliphatic rings. The number of benzene rings is 2. The lowest BCUT2D eigenvalue weighted by Crippen LogP contribution is -2.15. The summed E-state index contributed by atoms with van der Waals surface area (Å²) in [6.45, 7) is 0. The predicted octanol–water partition coefficient (Wildman–Crippen LogP) is 3.23. The third-order valence-electron chi connectivity index (χ3n) is 2.52. The van der Waals surface area contributed by atoms with E-state index < -0.39 is 28.9 Å². The van der Waals surface area contributed by atoms with E-state index in [2.05, 4.69) is 5.32 Å². The van der Waals surface area contributed by atoms with Crippen LogP contribution in [-0.4, -0.2) is 5.91 Å². The molecule has 0 saturated heterocycles. The van der Waals surface area contributed by atoms with Crippen molar-refractivity contribution in [1.82, 2.24) is 0 Å². The predicted molar refractivity (Wildman–Crippen MR) is 65.4 cm³/mol. The smallest absolute Gasteiger partial charge is 0.258 e. The zero-order chi connectivity index (χ0) is 14.7. The van der Waals surface area contributed by atoms with Crippen LogP contribution in [0.25, 0.3) is 0 Å². The molecule has 2 aromatic carbocycles. The number of nitrogens with zero attached hydrogens (tertiary/aromatic N) is 1. The number of nitrogens with one attached hydrogen (secondary N) is 1. The van der Waals surface area contributed by atoms with Crippen LogP contribution in [0.4, 0.5) is 18.9 Å². The van der Waals surface area contributed by atoms with E-state index in [1.54, 1.807) is 6.07 Å². The number of amides is 1. The summed E-state index contributed by atoms with van der Waals surface area (Å²) in [5.41, 5.74) is -0.513. The second-order valence-corrected chi connectivity index (χ2v) is 3.88. The van der Waals surface area contributed by atoms with Crippen molar-refractivity contribution < 1.29 is 18.0 Å². The molecule has 2 aromatic rings. The van der Waals surface area contributed by atoms with Gasteiger partial charge in [0, 0.05) is 6.07 Å². The van der Waals surface area contributed by atoms with E-state index in [9.17, 15) is 18.0 Å². The highest BCUT2D eigenvalue weighted by atomic mass is 19.1. The average molecular weight is 276 g/mol. The van der Waals surface area contributed by atoms with E-state index in [4.69, 9.17) is 5.26 Å². The number of anilines is 1. The van der Waals surface area contributed by atoms with Crippen molar-refractivity contribution >= 4 is 11.6 Å². The maximum absolute atomic E-state index is 13.6. The second-order valence-electron chi connectivity index (χ2n) is 3.88. The summed E-state index contributed by atoms with van der Waals surface area (Å²) in [5.74, 6) is -3.59. The third-order valence-corrected chi connectivity index (χ3v) is 2.52. The Bertz CT molecular complexity index is 723. The molecule has 0 spiro atoms. The number of carbonyl (C=O) groups excluding carboxylic acids is 1. The Kier molecular flexibility index (Phi) is 3.71. The highest BCUT2D eigenvalue weighted by Crippen LogP contribution is 2.17. The number of hydrogen-bond acceptors (Lipinski definition) is 2. The average Bonchev–Trinajstić information content (AvgIpc) is 2.40. The summed E-state index contributed by atoms with van der Waals surface area (Å²) in [6, 6.07) is 7.62. The Labute approximate surface area is 112 Å². The fourth-order valence-corrected chi connectivity index (χ4v) is 1.55. The van der Waals surface area contributed by atoms with Crippen molar-refractivity contribution in [2.24, 2.45) is 0 Å². The van der Waals surface area contributed by atoms with E-state index >= 15 is 0 Å². The summed E-state index contributed by atoms with van der Waals surface area (Å²) in [5, 5.41) is 10.7. The normalized spacial score (nSPS) is 9.90. The first kappa shape index (κ1) is 13.6. The van der Waals surface area contributed by atoms with Crippen LogP contribution in [-0.2, 0) is 0 Å². The summed E-state index contributed by atoms with van der Waals surface area (Å²) in [4.78, 5) is 11.7. The molecule has 0 heterocycles. The molecule has 0 bridgehead atoms. The minimum absolute atomic E-state index is 0.0912. The zero-order valence-corrected chi connectivity index (χ0v) is 9.95. The Morgan fingerprint density at radius 1 is 1.05 bits per heavy atom. The fraction of sp³-hybridized carbons (Fsp3) is 0. The van der Waals surface area contributed by atoms with Crippen molar-refractivity contribution in [3.8, 4) is 6.07 Å². The van der Waals surface area contributed by atoms with E-state index in [-0.39, 0.29) is 11.3 Å². The molecular formula is C14H7F3N2O. The quantitative estimate of drug-likeness (QED) is 0.915. The van der Waals surface area contributed by atoms with Gasteiger partial charge in [0.05, 0.1) is 22.9 Å². The van der Waals surface area contributed by atoms with Gasteiger partial charge in [-0.25, -0.2) is 13.2 Å². The Hall–Kier alpha value is -2.81. The van der Waals surface area contributed by atoms with Crippen LogP contribution in [0, 0.1) is 28.8 Å². The van der Waals surface area contributed by atoms with Crippen LogP contribution in [0.3, 0.4) is 0 Å². The van der Waals surface area contributed by atoms with Gasteiger partial charge in [-0.3, -0.25) is 4.79 Å². The highest BCUT2D eigenvalue weighted by Gasteiger charge is 2.14. The molecule has 6 heteroatoms. The maximum atomic E-state index is 13.6. The standard InChI is InChI=1S/C14H7F3N2O/c15-9-2-3-10(11(16)6-9)14(20)19-13-4-1-8(7-18)5-12(13)17/h1-6H,(H,19,20). The van der Waals surface area contributed by atoms with Crippen molar-refractivity contribution in [3.63, 3.8) is 0 Å². The van der Waals surface area contributed by atoms with Gasteiger partial charge >= 0.3 is 0 Å². The van der Waals surface area contributed by atoms with Crippen molar-refractivity contribution in [2.75, 3.05) is 5.32 Å². The van der Waals surface area contributed by atoms with Crippen molar-refractivity contribution in [1.29, 1.82) is 5.26 Å². The molecule has 2 rings (SSSR count). The molecular weight excluding hydrogens is 269 g/mol. The molecule has 1 N–H and O–H groups in total. The number of carbonyl (C=O) groups is 1. The number of halogens is 3. The number of hydrogen-bond donors (Lipinski definition) is 1. The van der Waals surface area contributed by atoms with Gasteiger partial charge in [-0.05, 0) is 30.3 Å². The van der Waals surface area contributed by atoms with Gasteiger partial charge in [0.1, 0.15) is 17.5 Å². The van der Waals surface area contributed by atoms with E-state index in [1.807, 2.05) is 0 Å². The molecule has 0 unspecified atom stereocenters. The molecule has 0 atom stereocenters. The Morgan fingerprint density at radius 3 is 2.40 bits per heavy atom. The van der Waals surface area contributed by atoms with Gasteiger partial charge < -0.3 is 5.32 Å². The molecule has 0 radical (unpaired) electrons. The van der Waals surface area contributed by atoms with Crippen LogP contribution in [0.5, 0.6) is 0 Å². The van der Waals surface area contributed by atoms with Crippen LogP contribution in [0.2, 0.25) is 0 Å². The van der Waals surface area contributed by atoms with Crippen molar-refractivity contribution in [3.05, 3.63) is 65.0 Å². The van der Waals surface area contributed by atoms with E-state index in [1.165, 1.54) is 12.1 Å².